The monoisotopic (exact) mass is 224 g/mol. The van der Waals surface area contributed by atoms with Crippen LogP contribution in [0.5, 0.6) is 0 Å². The summed E-state index contributed by atoms with van der Waals surface area (Å²) in [4.78, 5) is 17.9. The molecule has 0 unspecified atom stereocenters. The van der Waals surface area contributed by atoms with Gasteiger partial charge in [-0.2, -0.15) is 0 Å². The van der Waals surface area contributed by atoms with E-state index in [4.69, 9.17) is 4.42 Å². The minimum Gasteiger partial charge on any atom is -0.431 e. The van der Waals surface area contributed by atoms with E-state index in [1.165, 1.54) is 6.20 Å². The summed E-state index contributed by atoms with van der Waals surface area (Å²) >= 11 is 0. The molecule has 0 bridgehead atoms. The Morgan fingerprint density at radius 1 is 1.38 bits per heavy atom. The maximum Gasteiger partial charge on any atom is 0.284 e. The van der Waals surface area contributed by atoms with Crippen LogP contribution in [0.2, 0.25) is 0 Å². The van der Waals surface area contributed by atoms with Crippen molar-refractivity contribution in [3.05, 3.63) is 35.9 Å². The third kappa shape index (κ3) is 1.81. The van der Waals surface area contributed by atoms with Crippen LogP contribution < -0.4 is 0 Å². The molecule has 2 heterocycles. The molecule has 4 nitrogen and oxygen atoms in total. The molecule has 2 aromatic rings. The van der Waals surface area contributed by atoms with Gasteiger partial charge in [-0.15, -0.1) is 0 Å². The van der Waals surface area contributed by atoms with Crippen LogP contribution in [-0.4, -0.2) is 16.3 Å². The predicted molar refractivity (Wildman–Crippen MR) is 50.1 cm³/mol. The number of nitrogens with zero attached hydrogens (tertiary/aromatic N) is 2. The van der Waals surface area contributed by atoms with Crippen molar-refractivity contribution in [3.8, 4) is 11.6 Å². The van der Waals surface area contributed by atoms with Crippen LogP contribution in [-0.2, 0) is 0 Å². The van der Waals surface area contributed by atoms with E-state index in [-0.39, 0.29) is 12.2 Å². The van der Waals surface area contributed by atoms with Gasteiger partial charge in [0, 0.05) is 6.20 Å². The number of hydrogen-bond donors (Lipinski definition) is 0. The maximum atomic E-state index is 12.4. The number of aromatic nitrogens is 2. The van der Waals surface area contributed by atoms with E-state index in [0.29, 0.717) is 5.69 Å². The van der Waals surface area contributed by atoms with E-state index >= 15 is 0 Å². The van der Waals surface area contributed by atoms with Crippen molar-refractivity contribution in [1.29, 1.82) is 0 Å². The highest BCUT2D eigenvalue weighted by Crippen LogP contribution is 2.26. The van der Waals surface area contributed by atoms with Gasteiger partial charge < -0.3 is 4.42 Å². The summed E-state index contributed by atoms with van der Waals surface area (Å²) in [5.41, 5.74) is -0.354. The molecule has 82 valence electrons. The number of rotatable bonds is 3. The van der Waals surface area contributed by atoms with Gasteiger partial charge in [0.05, 0.1) is 0 Å². The minimum atomic E-state index is -2.85. The molecule has 2 aromatic heterocycles. The van der Waals surface area contributed by atoms with Crippen LogP contribution in [0.15, 0.2) is 28.8 Å². The zero-order chi connectivity index (χ0) is 11.5. The lowest BCUT2D eigenvalue weighted by molar-refractivity contribution is 0.107. The normalized spacial score (nSPS) is 10.7. The summed E-state index contributed by atoms with van der Waals surface area (Å²) in [6.45, 7) is 0. The Morgan fingerprint density at radius 3 is 2.69 bits per heavy atom. The quantitative estimate of drug-likeness (QED) is 0.751. The first kappa shape index (κ1) is 10.4. The molecule has 0 aliphatic heterocycles. The zero-order valence-corrected chi connectivity index (χ0v) is 7.93. The van der Waals surface area contributed by atoms with Gasteiger partial charge in [0.1, 0.15) is 5.69 Å². The number of oxazole rings is 1. The highest BCUT2D eigenvalue weighted by Gasteiger charge is 2.21. The van der Waals surface area contributed by atoms with E-state index in [2.05, 4.69) is 9.97 Å². The largest absolute Gasteiger partial charge is 0.431 e. The molecule has 0 aliphatic rings. The van der Waals surface area contributed by atoms with Gasteiger partial charge in [0.25, 0.3) is 6.43 Å². The first-order valence-electron chi connectivity index (χ1n) is 4.38. The van der Waals surface area contributed by atoms with E-state index in [9.17, 15) is 13.6 Å². The lowest BCUT2D eigenvalue weighted by Gasteiger charge is -1.91. The Labute approximate surface area is 88.9 Å². The van der Waals surface area contributed by atoms with Gasteiger partial charge in [-0.05, 0) is 12.1 Å². The van der Waals surface area contributed by atoms with Crippen LogP contribution in [0.1, 0.15) is 22.7 Å². The number of pyridine rings is 1. The fourth-order valence-electron chi connectivity index (χ4n) is 1.18. The van der Waals surface area contributed by atoms with E-state index in [1.54, 1.807) is 18.2 Å². The molecule has 0 aliphatic carbocycles. The second kappa shape index (κ2) is 4.18. The van der Waals surface area contributed by atoms with Crippen molar-refractivity contribution < 1.29 is 18.0 Å². The number of alkyl halides is 2. The third-order valence-corrected chi connectivity index (χ3v) is 1.88. The van der Waals surface area contributed by atoms with Gasteiger partial charge >= 0.3 is 0 Å². The molecular weight excluding hydrogens is 218 g/mol. The zero-order valence-electron chi connectivity index (χ0n) is 7.93. The highest BCUT2D eigenvalue weighted by atomic mass is 19.3. The summed E-state index contributed by atoms with van der Waals surface area (Å²) in [5.74, 6) is -0.548. The van der Waals surface area contributed by atoms with E-state index in [0.717, 1.165) is 0 Å². The predicted octanol–water partition coefficient (Wildman–Crippen LogP) is 2.49. The summed E-state index contributed by atoms with van der Waals surface area (Å²) in [5, 5.41) is 0. The third-order valence-electron chi connectivity index (χ3n) is 1.88. The Kier molecular flexibility index (Phi) is 2.72. The Bertz CT molecular complexity index is 497. The maximum absolute atomic E-state index is 12.4. The SMILES string of the molecule is O=Cc1oc(-c2ccccn2)nc1C(F)F. The molecule has 0 N–H and O–H groups in total. The molecule has 0 saturated carbocycles. The Morgan fingerprint density at radius 2 is 2.19 bits per heavy atom. The number of aldehydes is 1. The molecular formula is C10H6F2N2O2. The number of halogens is 2. The standard InChI is InChI=1S/C10H6F2N2O2/c11-9(12)8-7(5-15)16-10(14-8)6-3-1-2-4-13-6/h1-5,9H. The Balaban J connectivity index is 2.48. The van der Waals surface area contributed by atoms with Gasteiger partial charge in [0.2, 0.25) is 5.89 Å². The highest BCUT2D eigenvalue weighted by molar-refractivity contribution is 5.73. The average molecular weight is 224 g/mol. The van der Waals surface area contributed by atoms with E-state index < -0.39 is 17.9 Å². The molecule has 16 heavy (non-hydrogen) atoms. The summed E-state index contributed by atoms with van der Waals surface area (Å²) < 4.78 is 29.8. The molecule has 0 aromatic carbocycles. The fraction of sp³-hybridized carbons (Fsp3) is 0.100. The molecule has 0 amide bonds. The molecule has 0 fully saturated rings. The lowest BCUT2D eigenvalue weighted by atomic mass is 10.3. The van der Waals surface area contributed by atoms with Crippen molar-refractivity contribution in [2.24, 2.45) is 0 Å². The molecule has 6 heteroatoms. The van der Waals surface area contributed by atoms with E-state index in [1.807, 2.05) is 0 Å². The van der Waals surface area contributed by atoms with Gasteiger partial charge in [-0.25, -0.2) is 13.8 Å². The molecule has 2 rings (SSSR count). The van der Waals surface area contributed by atoms with Crippen molar-refractivity contribution in [3.63, 3.8) is 0 Å². The molecule has 0 spiro atoms. The van der Waals surface area contributed by atoms with Crippen LogP contribution in [0.25, 0.3) is 11.6 Å². The minimum absolute atomic E-state index is 0.0852. The Hall–Kier alpha value is -2.11. The average Bonchev–Trinajstić information content (AvgIpc) is 2.74. The number of carbonyl (C=O) groups excluding carboxylic acids is 1. The van der Waals surface area contributed by atoms with Crippen LogP contribution in [0, 0.1) is 0 Å². The van der Waals surface area contributed by atoms with Crippen LogP contribution >= 0.6 is 0 Å². The van der Waals surface area contributed by atoms with Gasteiger partial charge in [-0.3, -0.25) is 9.78 Å². The first-order valence-corrected chi connectivity index (χ1v) is 4.38. The van der Waals surface area contributed by atoms with Crippen molar-refractivity contribution in [2.45, 2.75) is 6.43 Å². The molecule has 0 atom stereocenters. The second-order valence-electron chi connectivity index (χ2n) is 2.90. The molecule has 0 radical (unpaired) electrons. The summed E-state index contributed by atoms with van der Waals surface area (Å²) in [6, 6.07) is 4.88. The molecule has 0 saturated heterocycles. The van der Waals surface area contributed by atoms with Crippen LogP contribution in [0.4, 0.5) is 8.78 Å². The van der Waals surface area contributed by atoms with Crippen molar-refractivity contribution >= 4 is 6.29 Å². The first-order chi connectivity index (χ1) is 7.72. The van der Waals surface area contributed by atoms with Crippen LogP contribution in [0.3, 0.4) is 0 Å². The fourth-order valence-corrected chi connectivity index (χ4v) is 1.18. The second-order valence-corrected chi connectivity index (χ2v) is 2.90. The lowest BCUT2D eigenvalue weighted by Crippen LogP contribution is -1.89. The van der Waals surface area contributed by atoms with Crippen molar-refractivity contribution in [1.82, 2.24) is 9.97 Å². The summed E-state index contributed by atoms with van der Waals surface area (Å²) in [6.07, 6.45) is -1.16. The summed E-state index contributed by atoms with van der Waals surface area (Å²) in [7, 11) is 0. The smallest absolute Gasteiger partial charge is 0.284 e. The van der Waals surface area contributed by atoms with Gasteiger partial charge in [-0.1, -0.05) is 6.07 Å². The topological polar surface area (TPSA) is 56.0 Å². The van der Waals surface area contributed by atoms with Gasteiger partial charge in [0.15, 0.2) is 17.7 Å². The number of carbonyl (C=O) groups is 1. The number of hydrogen-bond acceptors (Lipinski definition) is 4. The van der Waals surface area contributed by atoms with Crippen molar-refractivity contribution in [2.75, 3.05) is 0 Å².